The number of nitrogens with one attached hydrogen (secondary N) is 1. The highest BCUT2D eigenvalue weighted by molar-refractivity contribution is 5.27. The molecule has 0 amide bonds. The van der Waals surface area contributed by atoms with Crippen LogP contribution in [-0.2, 0) is 6.54 Å². The third-order valence-corrected chi connectivity index (χ3v) is 2.46. The van der Waals surface area contributed by atoms with Crippen LogP contribution in [0, 0.1) is 0 Å². The van der Waals surface area contributed by atoms with Gasteiger partial charge in [0.1, 0.15) is 12.4 Å². The van der Waals surface area contributed by atoms with Crippen molar-refractivity contribution in [3.05, 3.63) is 63.0 Å². The second kappa shape index (κ2) is 5.90. The Hall–Kier alpha value is -2.50. The van der Waals surface area contributed by atoms with E-state index in [9.17, 15) is 9.59 Å². The number of H-pyrrole nitrogens is 1. The lowest BCUT2D eigenvalue weighted by molar-refractivity contribution is 0.258. The Balaban J connectivity index is 2.04. The highest BCUT2D eigenvalue weighted by atomic mass is 16.5. The van der Waals surface area contributed by atoms with E-state index in [1.807, 2.05) is 36.2 Å². The van der Waals surface area contributed by atoms with Crippen molar-refractivity contribution in [2.75, 3.05) is 6.61 Å². The Morgan fingerprint density at radius 1 is 1.32 bits per heavy atom. The summed E-state index contributed by atoms with van der Waals surface area (Å²) in [6, 6.07) is 7.22. The molecule has 6 nitrogen and oxygen atoms in total. The molecule has 0 radical (unpaired) electrons. The molecule has 1 aromatic heterocycles. The van der Waals surface area contributed by atoms with Gasteiger partial charge >= 0.3 is 11.4 Å². The maximum Gasteiger partial charge on any atom is 0.440 e. The number of aromatic nitrogens is 2. The second-order valence-corrected chi connectivity index (χ2v) is 3.87. The van der Waals surface area contributed by atoms with Crippen molar-refractivity contribution in [3.8, 4) is 5.75 Å². The smallest absolute Gasteiger partial charge is 0.440 e. The van der Waals surface area contributed by atoms with Crippen LogP contribution in [0.25, 0.3) is 0 Å². The topological polar surface area (TPSA) is 77.2 Å². The molecular weight excluding hydrogens is 248 g/mol. The minimum atomic E-state index is -0.753. The van der Waals surface area contributed by atoms with E-state index in [2.05, 4.69) is 4.52 Å². The molecule has 0 aliphatic heterocycles. The van der Waals surface area contributed by atoms with Crippen molar-refractivity contribution >= 4 is 0 Å². The summed E-state index contributed by atoms with van der Waals surface area (Å²) >= 11 is 0. The van der Waals surface area contributed by atoms with Crippen LogP contribution in [0.5, 0.6) is 5.75 Å². The first-order valence-electron chi connectivity index (χ1n) is 5.82. The summed E-state index contributed by atoms with van der Waals surface area (Å²) in [7, 11) is 0. The lowest BCUT2D eigenvalue weighted by atomic mass is 10.2. The van der Waals surface area contributed by atoms with Crippen LogP contribution < -0.4 is 16.2 Å². The predicted octanol–water partition coefficient (Wildman–Crippen LogP) is 1.13. The van der Waals surface area contributed by atoms with Gasteiger partial charge in [-0.05, 0) is 24.6 Å². The van der Waals surface area contributed by atoms with Crippen LogP contribution in [0.2, 0.25) is 0 Å². The summed E-state index contributed by atoms with van der Waals surface area (Å²) in [4.78, 5) is 24.1. The summed E-state index contributed by atoms with van der Waals surface area (Å²) in [5.41, 5.74) is 0.279. The number of nitrogens with zero attached hydrogens (tertiary/aromatic N) is 1. The molecule has 0 unspecified atom stereocenters. The van der Waals surface area contributed by atoms with E-state index in [-0.39, 0.29) is 6.54 Å². The van der Waals surface area contributed by atoms with Crippen molar-refractivity contribution in [1.29, 1.82) is 0 Å². The molecule has 0 aliphatic rings. The van der Waals surface area contributed by atoms with Crippen LogP contribution in [-0.4, -0.2) is 16.3 Å². The quantitative estimate of drug-likeness (QED) is 0.819. The van der Waals surface area contributed by atoms with Crippen molar-refractivity contribution in [2.45, 2.75) is 13.5 Å². The first-order valence-corrected chi connectivity index (χ1v) is 5.82. The fraction of sp³-hybridized carbons (Fsp3) is 0.231. The van der Waals surface area contributed by atoms with E-state index in [4.69, 9.17) is 4.74 Å². The molecule has 0 bridgehead atoms. The average molecular weight is 262 g/mol. The van der Waals surface area contributed by atoms with Gasteiger partial charge < -0.3 is 9.26 Å². The summed E-state index contributed by atoms with van der Waals surface area (Å²) in [5.74, 6) is -0.0129. The standard InChI is InChI=1S/C13H14N2O4/c1-2-3-8-18-11-6-4-10(5-7-11)9-15-12(16)14-13(17)19-15/h2-7H,8-9H2,1H3,(H,14,16,17). The van der Waals surface area contributed by atoms with E-state index >= 15 is 0 Å². The van der Waals surface area contributed by atoms with Gasteiger partial charge in [0.25, 0.3) is 0 Å². The van der Waals surface area contributed by atoms with E-state index in [1.54, 1.807) is 12.1 Å². The van der Waals surface area contributed by atoms with Crippen molar-refractivity contribution in [1.82, 2.24) is 9.72 Å². The van der Waals surface area contributed by atoms with Crippen LogP contribution in [0.15, 0.2) is 50.5 Å². The van der Waals surface area contributed by atoms with Gasteiger partial charge in [0.2, 0.25) is 0 Å². The largest absolute Gasteiger partial charge is 0.490 e. The number of hydrogen-bond donors (Lipinski definition) is 1. The summed E-state index contributed by atoms with van der Waals surface area (Å²) in [6.45, 7) is 2.64. The van der Waals surface area contributed by atoms with E-state index < -0.39 is 11.4 Å². The summed E-state index contributed by atoms with van der Waals surface area (Å²) < 4.78 is 11.1. The minimum absolute atomic E-state index is 0.201. The van der Waals surface area contributed by atoms with Gasteiger partial charge in [-0.15, -0.1) is 4.74 Å². The third kappa shape index (κ3) is 3.48. The fourth-order valence-electron chi connectivity index (χ4n) is 1.52. The van der Waals surface area contributed by atoms with Gasteiger partial charge in [0, 0.05) is 0 Å². The molecule has 0 saturated carbocycles. The number of ether oxygens (including phenoxy) is 1. The zero-order valence-electron chi connectivity index (χ0n) is 10.5. The SMILES string of the molecule is CC=CCOc1ccc(Cn2oc(=O)[nH]c2=O)cc1. The summed E-state index contributed by atoms with van der Waals surface area (Å²) in [5, 5.41) is 0. The first-order chi connectivity index (χ1) is 9.19. The molecule has 1 heterocycles. The highest BCUT2D eigenvalue weighted by Gasteiger charge is 2.03. The van der Waals surface area contributed by atoms with Crippen molar-refractivity contribution in [2.24, 2.45) is 0 Å². The van der Waals surface area contributed by atoms with E-state index in [1.165, 1.54) is 0 Å². The van der Waals surface area contributed by atoms with E-state index in [0.717, 1.165) is 16.1 Å². The Kier molecular flexibility index (Phi) is 4.02. The molecule has 0 atom stereocenters. The number of benzene rings is 1. The lowest BCUT2D eigenvalue weighted by Crippen LogP contribution is -2.17. The molecular formula is C13H14N2O4. The second-order valence-electron chi connectivity index (χ2n) is 3.87. The number of hydrogen-bond acceptors (Lipinski definition) is 4. The molecule has 19 heavy (non-hydrogen) atoms. The monoisotopic (exact) mass is 262 g/mol. The van der Waals surface area contributed by atoms with Crippen molar-refractivity contribution in [3.63, 3.8) is 0 Å². The molecule has 2 aromatic rings. The van der Waals surface area contributed by atoms with Crippen molar-refractivity contribution < 1.29 is 9.26 Å². The van der Waals surface area contributed by atoms with Crippen LogP contribution in [0.3, 0.4) is 0 Å². The van der Waals surface area contributed by atoms with Crippen LogP contribution in [0.1, 0.15) is 12.5 Å². The Bertz CT molecular complexity index is 661. The zero-order chi connectivity index (χ0) is 13.7. The molecule has 2 rings (SSSR count). The van der Waals surface area contributed by atoms with Gasteiger partial charge in [-0.1, -0.05) is 24.3 Å². The first kappa shape index (κ1) is 12.9. The summed E-state index contributed by atoms with van der Waals surface area (Å²) in [6.07, 6.45) is 3.82. The molecule has 1 aromatic carbocycles. The molecule has 1 N–H and O–H groups in total. The molecule has 0 aliphatic carbocycles. The Labute approximate surface area is 108 Å². The highest BCUT2D eigenvalue weighted by Crippen LogP contribution is 2.12. The Morgan fingerprint density at radius 3 is 2.63 bits per heavy atom. The average Bonchev–Trinajstić information content (AvgIpc) is 2.70. The Morgan fingerprint density at radius 2 is 2.05 bits per heavy atom. The molecule has 0 spiro atoms. The van der Waals surface area contributed by atoms with Gasteiger partial charge in [0.15, 0.2) is 0 Å². The number of allylic oxidation sites excluding steroid dienone is 1. The molecule has 6 heteroatoms. The maximum absolute atomic E-state index is 11.3. The molecule has 0 saturated heterocycles. The van der Waals surface area contributed by atoms with Gasteiger partial charge in [-0.3, -0.25) is 0 Å². The fourth-order valence-corrected chi connectivity index (χ4v) is 1.52. The number of aromatic amines is 1. The van der Waals surface area contributed by atoms with Gasteiger partial charge in [-0.2, -0.15) is 0 Å². The maximum atomic E-state index is 11.3. The predicted molar refractivity (Wildman–Crippen MR) is 69.4 cm³/mol. The molecule has 100 valence electrons. The third-order valence-electron chi connectivity index (χ3n) is 2.46. The normalized spacial score (nSPS) is 11.0. The van der Waals surface area contributed by atoms with Crippen LogP contribution >= 0.6 is 0 Å². The molecule has 0 fully saturated rings. The van der Waals surface area contributed by atoms with Crippen LogP contribution in [0.4, 0.5) is 0 Å². The zero-order valence-corrected chi connectivity index (χ0v) is 10.5. The van der Waals surface area contributed by atoms with Gasteiger partial charge in [-0.25, -0.2) is 14.6 Å². The minimum Gasteiger partial charge on any atom is -0.490 e. The number of rotatable bonds is 5. The van der Waals surface area contributed by atoms with E-state index in [0.29, 0.717) is 6.61 Å². The lowest BCUT2D eigenvalue weighted by Gasteiger charge is -2.04. The van der Waals surface area contributed by atoms with Gasteiger partial charge in [0.05, 0.1) is 6.54 Å².